The van der Waals surface area contributed by atoms with Crippen LogP contribution in [-0.2, 0) is 4.74 Å². The molecule has 1 saturated heterocycles. The van der Waals surface area contributed by atoms with Crippen molar-refractivity contribution >= 4 is 0 Å². The van der Waals surface area contributed by atoms with E-state index in [2.05, 4.69) is 44.7 Å². The fourth-order valence-corrected chi connectivity index (χ4v) is 2.93. The Hall–Kier alpha value is -1.10. The summed E-state index contributed by atoms with van der Waals surface area (Å²) in [4.78, 5) is 2.24. The molecule has 0 radical (unpaired) electrons. The lowest BCUT2D eigenvalue weighted by Crippen LogP contribution is -2.48. The SMILES string of the molecule is CC(C)c1ccc(OC[C@H](O)CN2C[C@@H](C)O[C@H](C)C2)cc1. The monoisotopic (exact) mass is 307 g/mol. The standard InChI is InChI=1S/C18H29NO3/c1-13(2)16-5-7-18(8-6-16)21-12-17(20)11-19-9-14(3)22-15(4)10-19/h5-8,13-15,17,20H,9-12H2,1-4H3/t14-,15-,17-/m1/s1. The normalized spacial score (nSPS) is 24.5. The summed E-state index contributed by atoms with van der Waals surface area (Å²) >= 11 is 0. The molecule has 4 heteroatoms. The van der Waals surface area contributed by atoms with Gasteiger partial charge in [-0.25, -0.2) is 0 Å². The lowest BCUT2D eigenvalue weighted by molar-refractivity contribution is -0.0786. The molecule has 1 aliphatic heterocycles. The average molecular weight is 307 g/mol. The predicted octanol–water partition coefficient (Wildman–Crippen LogP) is 2.66. The van der Waals surface area contributed by atoms with Crippen molar-refractivity contribution in [2.75, 3.05) is 26.2 Å². The van der Waals surface area contributed by atoms with E-state index in [9.17, 15) is 5.11 Å². The number of rotatable bonds is 6. The Labute approximate surface area is 134 Å². The zero-order valence-electron chi connectivity index (χ0n) is 14.2. The molecule has 4 nitrogen and oxygen atoms in total. The Morgan fingerprint density at radius 3 is 2.32 bits per heavy atom. The topological polar surface area (TPSA) is 41.9 Å². The van der Waals surface area contributed by atoms with E-state index in [0.29, 0.717) is 19.1 Å². The van der Waals surface area contributed by atoms with Gasteiger partial charge in [0.2, 0.25) is 0 Å². The lowest BCUT2D eigenvalue weighted by Gasteiger charge is -2.36. The molecule has 1 aromatic carbocycles. The third-order valence-corrected chi connectivity index (χ3v) is 3.95. The number of morpholine rings is 1. The molecule has 1 fully saturated rings. The van der Waals surface area contributed by atoms with E-state index in [-0.39, 0.29) is 12.2 Å². The van der Waals surface area contributed by atoms with E-state index in [4.69, 9.17) is 9.47 Å². The van der Waals surface area contributed by atoms with Gasteiger partial charge in [-0.3, -0.25) is 4.90 Å². The maximum atomic E-state index is 10.2. The highest BCUT2D eigenvalue weighted by molar-refractivity contribution is 5.28. The smallest absolute Gasteiger partial charge is 0.119 e. The van der Waals surface area contributed by atoms with Crippen molar-refractivity contribution < 1.29 is 14.6 Å². The molecular weight excluding hydrogens is 278 g/mol. The van der Waals surface area contributed by atoms with Gasteiger partial charge in [0.1, 0.15) is 18.5 Å². The van der Waals surface area contributed by atoms with Gasteiger partial charge in [-0.2, -0.15) is 0 Å². The van der Waals surface area contributed by atoms with Crippen LogP contribution in [0.2, 0.25) is 0 Å². The van der Waals surface area contributed by atoms with Crippen LogP contribution in [0.5, 0.6) is 5.75 Å². The second-order valence-corrected chi connectivity index (χ2v) is 6.66. The van der Waals surface area contributed by atoms with Gasteiger partial charge >= 0.3 is 0 Å². The Morgan fingerprint density at radius 1 is 1.18 bits per heavy atom. The zero-order valence-corrected chi connectivity index (χ0v) is 14.2. The summed E-state index contributed by atoms with van der Waals surface area (Å²) in [6.07, 6.45) is -0.0387. The van der Waals surface area contributed by atoms with E-state index in [1.165, 1.54) is 5.56 Å². The maximum Gasteiger partial charge on any atom is 0.119 e. The summed E-state index contributed by atoms with van der Waals surface area (Å²) in [5.74, 6) is 1.33. The molecule has 0 amide bonds. The quantitative estimate of drug-likeness (QED) is 0.877. The van der Waals surface area contributed by atoms with Crippen LogP contribution >= 0.6 is 0 Å². The molecule has 0 bridgehead atoms. The first-order valence-electron chi connectivity index (χ1n) is 8.22. The van der Waals surface area contributed by atoms with Crippen molar-refractivity contribution in [2.45, 2.75) is 51.9 Å². The minimum absolute atomic E-state index is 0.223. The number of aliphatic hydroxyl groups excluding tert-OH is 1. The largest absolute Gasteiger partial charge is 0.491 e. The van der Waals surface area contributed by atoms with E-state index in [1.807, 2.05) is 12.1 Å². The first kappa shape index (κ1) is 17.3. The molecular formula is C18H29NO3. The van der Waals surface area contributed by atoms with Crippen molar-refractivity contribution in [3.8, 4) is 5.75 Å². The third kappa shape index (κ3) is 5.27. The summed E-state index contributed by atoms with van der Waals surface area (Å²) in [5.41, 5.74) is 1.30. The molecule has 0 saturated carbocycles. The summed E-state index contributed by atoms with van der Waals surface area (Å²) < 4.78 is 11.4. The lowest BCUT2D eigenvalue weighted by atomic mass is 10.0. The van der Waals surface area contributed by atoms with E-state index < -0.39 is 6.10 Å². The van der Waals surface area contributed by atoms with Crippen LogP contribution in [0.3, 0.4) is 0 Å². The first-order chi connectivity index (χ1) is 10.4. The van der Waals surface area contributed by atoms with Crippen LogP contribution in [0.4, 0.5) is 0 Å². The molecule has 1 N–H and O–H groups in total. The van der Waals surface area contributed by atoms with Gasteiger partial charge in [-0.1, -0.05) is 26.0 Å². The van der Waals surface area contributed by atoms with E-state index in [1.54, 1.807) is 0 Å². The molecule has 0 spiro atoms. The van der Waals surface area contributed by atoms with Gasteiger partial charge in [0, 0.05) is 19.6 Å². The zero-order chi connectivity index (χ0) is 16.1. The van der Waals surface area contributed by atoms with Crippen molar-refractivity contribution in [3.05, 3.63) is 29.8 Å². The Bertz CT molecular complexity index is 436. The van der Waals surface area contributed by atoms with Crippen LogP contribution in [0.15, 0.2) is 24.3 Å². The van der Waals surface area contributed by atoms with Gasteiger partial charge < -0.3 is 14.6 Å². The predicted molar refractivity (Wildman–Crippen MR) is 88.5 cm³/mol. The molecule has 0 aliphatic carbocycles. The summed E-state index contributed by atoms with van der Waals surface area (Å²) in [7, 11) is 0. The molecule has 1 heterocycles. The van der Waals surface area contributed by atoms with Gasteiger partial charge in [0.25, 0.3) is 0 Å². The number of hydrogen-bond acceptors (Lipinski definition) is 4. The van der Waals surface area contributed by atoms with Crippen LogP contribution in [0.25, 0.3) is 0 Å². The fourth-order valence-electron chi connectivity index (χ4n) is 2.93. The van der Waals surface area contributed by atoms with Crippen molar-refractivity contribution in [2.24, 2.45) is 0 Å². The number of nitrogens with zero attached hydrogens (tertiary/aromatic N) is 1. The maximum absolute atomic E-state index is 10.2. The number of β-amino-alcohol motifs (C(OH)–C–C–N with tert-alkyl or cyclic N) is 1. The van der Waals surface area contributed by atoms with Gasteiger partial charge in [-0.15, -0.1) is 0 Å². The highest BCUT2D eigenvalue weighted by Gasteiger charge is 2.23. The van der Waals surface area contributed by atoms with Crippen molar-refractivity contribution in [1.29, 1.82) is 0 Å². The minimum Gasteiger partial charge on any atom is -0.491 e. The summed E-state index contributed by atoms with van der Waals surface area (Å²) in [6, 6.07) is 8.11. The third-order valence-electron chi connectivity index (χ3n) is 3.95. The Kier molecular flexibility index (Phi) is 6.24. The van der Waals surface area contributed by atoms with Crippen LogP contribution < -0.4 is 4.74 Å². The van der Waals surface area contributed by atoms with Crippen molar-refractivity contribution in [1.82, 2.24) is 4.90 Å². The number of ether oxygens (including phenoxy) is 2. The summed E-state index contributed by atoms with van der Waals surface area (Å²) in [5, 5.41) is 10.2. The fraction of sp³-hybridized carbons (Fsp3) is 0.667. The Morgan fingerprint density at radius 2 is 1.77 bits per heavy atom. The van der Waals surface area contributed by atoms with Crippen LogP contribution in [0, 0.1) is 0 Å². The molecule has 1 aromatic rings. The molecule has 0 aromatic heterocycles. The molecule has 3 atom stereocenters. The molecule has 22 heavy (non-hydrogen) atoms. The average Bonchev–Trinajstić information content (AvgIpc) is 2.44. The first-order valence-corrected chi connectivity index (χ1v) is 8.22. The highest BCUT2D eigenvalue weighted by atomic mass is 16.5. The molecule has 2 rings (SSSR count). The molecule has 0 unspecified atom stereocenters. The second-order valence-electron chi connectivity index (χ2n) is 6.66. The molecule has 1 aliphatic rings. The number of aliphatic hydroxyl groups is 1. The second kappa shape index (κ2) is 7.95. The number of benzene rings is 1. The summed E-state index contributed by atoms with van der Waals surface area (Å²) in [6.45, 7) is 11.2. The number of hydrogen-bond donors (Lipinski definition) is 1. The van der Waals surface area contributed by atoms with Crippen LogP contribution in [-0.4, -0.2) is 54.6 Å². The van der Waals surface area contributed by atoms with E-state index in [0.717, 1.165) is 18.8 Å². The Balaban J connectivity index is 1.76. The highest BCUT2D eigenvalue weighted by Crippen LogP contribution is 2.19. The van der Waals surface area contributed by atoms with Gasteiger partial charge in [0.15, 0.2) is 0 Å². The minimum atomic E-state index is -0.484. The van der Waals surface area contributed by atoms with E-state index >= 15 is 0 Å². The van der Waals surface area contributed by atoms with Gasteiger partial charge in [0.05, 0.1) is 12.2 Å². The van der Waals surface area contributed by atoms with Crippen molar-refractivity contribution in [3.63, 3.8) is 0 Å². The van der Waals surface area contributed by atoms with Crippen LogP contribution in [0.1, 0.15) is 39.2 Å². The molecule has 124 valence electrons. The van der Waals surface area contributed by atoms with Gasteiger partial charge in [-0.05, 0) is 37.5 Å².